The molecule has 0 amide bonds. The van der Waals surface area contributed by atoms with Crippen LogP contribution < -0.4 is 5.46 Å². The molecule has 0 aliphatic carbocycles. The van der Waals surface area contributed by atoms with Crippen molar-refractivity contribution < 1.29 is 14.8 Å². The van der Waals surface area contributed by atoms with E-state index in [0.29, 0.717) is 16.5 Å². The van der Waals surface area contributed by atoms with Crippen molar-refractivity contribution in [1.82, 2.24) is 9.55 Å². The predicted octanol–water partition coefficient (Wildman–Crippen LogP) is -0.624. The van der Waals surface area contributed by atoms with Crippen LogP contribution in [0.1, 0.15) is 11.7 Å². The molecule has 0 atom stereocenters. The summed E-state index contributed by atoms with van der Waals surface area (Å²) in [7, 11) is -1.54. The zero-order valence-corrected chi connectivity index (χ0v) is 8.08. The summed E-state index contributed by atoms with van der Waals surface area (Å²) in [6.07, 6.45) is 1.42. The monoisotopic (exact) mass is 204 g/mol. The lowest BCUT2D eigenvalue weighted by Crippen LogP contribution is -2.29. The molecule has 5 nitrogen and oxygen atoms in total. The fourth-order valence-electron chi connectivity index (χ4n) is 1.44. The molecule has 2 N–H and O–H groups in total. The Balaban J connectivity index is 2.66. The minimum atomic E-state index is -1.54. The van der Waals surface area contributed by atoms with Gasteiger partial charge < -0.3 is 10.0 Å². The molecule has 1 heterocycles. The van der Waals surface area contributed by atoms with Gasteiger partial charge in [-0.05, 0) is 17.6 Å². The second-order valence-electron chi connectivity index (χ2n) is 3.26. The molecule has 2 rings (SSSR count). The number of fused-ring (bicyclic) bond motifs is 1. The molecule has 0 spiro atoms. The van der Waals surface area contributed by atoms with E-state index >= 15 is 0 Å². The minimum Gasteiger partial charge on any atom is -0.423 e. The number of rotatable bonds is 1. The van der Waals surface area contributed by atoms with Crippen molar-refractivity contribution in [2.45, 2.75) is 6.92 Å². The van der Waals surface area contributed by atoms with E-state index < -0.39 is 7.12 Å². The van der Waals surface area contributed by atoms with Gasteiger partial charge in [0, 0.05) is 6.92 Å². The number of benzene rings is 1. The largest absolute Gasteiger partial charge is 0.488 e. The van der Waals surface area contributed by atoms with Gasteiger partial charge >= 0.3 is 7.12 Å². The van der Waals surface area contributed by atoms with Gasteiger partial charge in [0.25, 0.3) is 0 Å². The second kappa shape index (κ2) is 3.49. The van der Waals surface area contributed by atoms with Crippen LogP contribution >= 0.6 is 0 Å². The summed E-state index contributed by atoms with van der Waals surface area (Å²) in [5, 5.41) is 18.0. The Kier molecular flexibility index (Phi) is 2.30. The number of aromatic nitrogens is 2. The van der Waals surface area contributed by atoms with Gasteiger partial charge in [-0.25, -0.2) is 4.98 Å². The predicted molar refractivity (Wildman–Crippen MR) is 55.9 cm³/mol. The lowest BCUT2D eigenvalue weighted by atomic mass is 9.80. The Morgan fingerprint density at radius 3 is 2.80 bits per heavy atom. The maximum absolute atomic E-state index is 11.2. The molecule has 76 valence electrons. The van der Waals surface area contributed by atoms with Gasteiger partial charge in [0.05, 0.1) is 11.0 Å². The van der Waals surface area contributed by atoms with Crippen molar-refractivity contribution in [3.8, 4) is 0 Å². The Hall–Kier alpha value is -1.66. The van der Waals surface area contributed by atoms with Gasteiger partial charge in [-0.2, -0.15) is 0 Å². The summed E-state index contributed by atoms with van der Waals surface area (Å²) in [5.41, 5.74) is 1.56. The molecule has 0 radical (unpaired) electrons. The SMILES string of the molecule is CC(=O)n1cnc2ccc(B(O)O)cc21. The van der Waals surface area contributed by atoms with Crippen LogP contribution in [0.25, 0.3) is 11.0 Å². The van der Waals surface area contributed by atoms with E-state index in [1.165, 1.54) is 23.9 Å². The van der Waals surface area contributed by atoms with Crippen molar-refractivity contribution in [2.24, 2.45) is 0 Å². The molecule has 0 aliphatic rings. The highest BCUT2D eigenvalue weighted by atomic mass is 16.4. The first-order valence-corrected chi connectivity index (χ1v) is 4.43. The molecular formula is C9H9BN2O3. The quantitative estimate of drug-likeness (QED) is 0.606. The van der Waals surface area contributed by atoms with Crippen LogP contribution in [0.4, 0.5) is 0 Å². The van der Waals surface area contributed by atoms with Crippen molar-refractivity contribution in [1.29, 1.82) is 0 Å². The van der Waals surface area contributed by atoms with Crippen LogP contribution in [0, 0.1) is 0 Å². The maximum atomic E-state index is 11.2. The third kappa shape index (κ3) is 1.64. The van der Waals surface area contributed by atoms with Crippen LogP contribution in [0.5, 0.6) is 0 Å². The van der Waals surface area contributed by atoms with E-state index in [2.05, 4.69) is 4.98 Å². The number of carbonyl (C=O) groups is 1. The smallest absolute Gasteiger partial charge is 0.423 e. The van der Waals surface area contributed by atoms with Crippen molar-refractivity contribution in [2.75, 3.05) is 0 Å². The summed E-state index contributed by atoms with van der Waals surface area (Å²) >= 11 is 0. The fraction of sp³-hybridized carbons (Fsp3) is 0.111. The van der Waals surface area contributed by atoms with Crippen molar-refractivity contribution >= 4 is 29.5 Å². The highest BCUT2D eigenvalue weighted by molar-refractivity contribution is 6.58. The molecule has 0 saturated heterocycles. The summed E-state index contributed by atoms with van der Waals surface area (Å²) < 4.78 is 1.36. The Morgan fingerprint density at radius 1 is 1.47 bits per heavy atom. The standard InChI is InChI=1S/C9H9BN2O3/c1-6(13)12-5-11-8-3-2-7(10(14)15)4-9(8)12/h2-5,14-15H,1H3. The van der Waals surface area contributed by atoms with E-state index in [9.17, 15) is 4.79 Å². The number of hydrogen-bond acceptors (Lipinski definition) is 4. The normalized spacial score (nSPS) is 10.6. The number of carbonyl (C=O) groups excluding carboxylic acids is 1. The Labute approximate surface area is 86.1 Å². The summed E-state index contributed by atoms with van der Waals surface area (Å²) in [6, 6.07) is 4.74. The number of imidazole rings is 1. The van der Waals surface area contributed by atoms with E-state index in [4.69, 9.17) is 10.0 Å². The highest BCUT2D eigenvalue weighted by Gasteiger charge is 2.13. The molecule has 0 fully saturated rings. The Bertz CT molecular complexity index is 521. The number of hydrogen-bond donors (Lipinski definition) is 2. The third-order valence-corrected chi connectivity index (χ3v) is 2.21. The van der Waals surface area contributed by atoms with Gasteiger partial charge in [0.1, 0.15) is 6.33 Å². The first-order valence-electron chi connectivity index (χ1n) is 4.43. The van der Waals surface area contributed by atoms with Gasteiger partial charge in [0.15, 0.2) is 0 Å². The van der Waals surface area contributed by atoms with Crippen molar-refractivity contribution in [3.05, 3.63) is 24.5 Å². The van der Waals surface area contributed by atoms with E-state index in [-0.39, 0.29) is 5.91 Å². The van der Waals surface area contributed by atoms with Gasteiger partial charge in [-0.15, -0.1) is 0 Å². The minimum absolute atomic E-state index is 0.165. The highest BCUT2D eigenvalue weighted by Crippen LogP contribution is 2.10. The second-order valence-corrected chi connectivity index (χ2v) is 3.26. The molecule has 1 aromatic heterocycles. The van der Waals surface area contributed by atoms with Crippen LogP contribution in [0.2, 0.25) is 0 Å². The van der Waals surface area contributed by atoms with Crippen molar-refractivity contribution in [3.63, 3.8) is 0 Å². The van der Waals surface area contributed by atoms with E-state index in [1.54, 1.807) is 12.1 Å². The number of nitrogens with zero attached hydrogens (tertiary/aromatic N) is 2. The topological polar surface area (TPSA) is 75.4 Å². The summed E-state index contributed by atoms with van der Waals surface area (Å²) in [5.74, 6) is -0.165. The fourth-order valence-corrected chi connectivity index (χ4v) is 1.44. The zero-order chi connectivity index (χ0) is 11.0. The molecular weight excluding hydrogens is 195 g/mol. The summed E-state index contributed by atoms with van der Waals surface area (Å²) in [4.78, 5) is 15.2. The average molecular weight is 204 g/mol. The maximum Gasteiger partial charge on any atom is 0.488 e. The first kappa shape index (κ1) is 9.88. The molecule has 2 aromatic rings. The van der Waals surface area contributed by atoms with E-state index in [1.807, 2.05) is 0 Å². The van der Waals surface area contributed by atoms with Crippen LogP contribution in [0.3, 0.4) is 0 Å². The average Bonchev–Trinajstić information content (AvgIpc) is 2.59. The lowest BCUT2D eigenvalue weighted by Gasteiger charge is -2.01. The molecule has 0 saturated carbocycles. The van der Waals surface area contributed by atoms with Gasteiger partial charge in [0.2, 0.25) is 5.91 Å². The van der Waals surface area contributed by atoms with E-state index in [0.717, 1.165) is 0 Å². The van der Waals surface area contributed by atoms with Crippen LogP contribution in [0.15, 0.2) is 24.5 Å². The van der Waals surface area contributed by atoms with Gasteiger partial charge in [-0.1, -0.05) is 6.07 Å². The Morgan fingerprint density at radius 2 is 2.20 bits per heavy atom. The lowest BCUT2D eigenvalue weighted by molar-refractivity contribution is 0.0941. The molecule has 15 heavy (non-hydrogen) atoms. The third-order valence-electron chi connectivity index (χ3n) is 2.21. The molecule has 6 heteroatoms. The summed E-state index contributed by atoms with van der Waals surface area (Å²) in [6.45, 7) is 1.42. The zero-order valence-electron chi connectivity index (χ0n) is 8.08. The molecule has 0 aliphatic heterocycles. The van der Waals surface area contributed by atoms with Crippen LogP contribution in [-0.4, -0.2) is 32.6 Å². The molecule has 0 unspecified atom stereocenters. The van der Waals surface area contributed by atoms with Gasteiger partial charge in [-0.3, -0.25) is 9.36 Å². The molecule has 1 aromatic carbocycles. The van der Waals surface area contributed by atoms with Crippen LogP contribution in [-0.2, 0) is 0 Å². The first-order chi connectivity index (χ1) is 7.09. The molecule has 0 bridgehead atoms.